The summed E-state index contributed by atoms with van der Waals surface area (Å²) < 4.78 is 92.7. The minimum absolute atomic E-state index is 0.0230. The van der Waals surface area contributed by atoms with E-state index in [1.807, 2.05) is 9.80 Å². The normalized spacial score (nSPS) is 21.5. The zero-order chi connectivity index (χ0) is 31.5. The van der Waals surface area contributed by atoms with E-state index in [-0.39, 0.29) is 36.0 Å². The van der Waals surface area contributed by atoms with Crippen molar-refractivity contribution in [3.05, 3.63) is 58.7 Å². The van der Waals surface area contributed by atoms with Gasteiger partial charge in [-0.1, -0.05) is 0 Å². The number of rotatable bonds is 8. The van der Waals surface area contributed by atoms with E-state index >= 15 is 0 Å². The van der Waals surface area contributed by atoms with Crippen molar-refractivity contribution in [1.29, 1.82) is 0 Å². The van der Waals surface area contributed by atoms with Gasteiger partial charge >= 0.3 is 12.4 Å². The highest BCUT2D eigenvalue weighted by atomic mass is 19.4. The number of benzene rings is 2. The maximum atomic E-state index is 13.7. The van der Waals surface area contributed by atoms with Crippen molar-refractivity contribution < 1.29 is 35.8 Å². The molecule has 0 saturated carbocycles. The third-order valence-corrected chi connectivity index (χ3v) is 7.23. The molecule has 3 aliphatic rings. The molecule has 0 amide bonds. The molecule has 2 aromatic carbocycles. The minimum Gasteiger partial charge on any atom is -0.381 e. The topological polar surface area (TPSA) is 129 Å². The molecule has 0 bridgehead atoms. The van der Waals surface area contributed by atoms with E-state index in [1.54, 1.807) is 6.07 Å². The van der Waals surface area contributed by atoms with E-state index in [9.17, 15) is 26.3 Å². The molecular weight excluding hydrogens is 596 g/mol. The number of morpholine rings is 2. The van der Waals surface area contributed by atoms with Gasteiger partial charge in [0, 0.05) is 39.3 Å². The van der Waals surface area contributed by atoms with Gasteiger partial charge in [-0.2, -0.15) is 36.6 Å². The molecule has 17 heteroatoms. The fourth-order valence-corrected chi connectivity index (χ4v) is 5.03. The van der Waals surface area contributed by atoms with Crippen LogP contribution < -0.4 is 22.3 Å². The van der Waals surface area contributed by atoms with Crippen LogP contribution in [-0.4, -0.2) is 85.2 Å². The number of hydrazine groups is 1. The van der Waals surface area contributed by atoms with Gasteiger partial charge in [-0.25, -0.2) is 0 Å². The summed E-state index contributed by atoms with van der Waals surface area (Å²) in [4.78, 5) is 3.97. The van der Waals surface area contributed by atoms with Crippen molar-refractivity contribution in [1.82, 2.24) is 14.9 Å². The summed E-state index contributed by atoms with van der Waals surface area (Å²) in [5.41, 5.74) is 16.8. The van der Waals surface area contributed by atoms with E-state index in [0.717, 1.165) is 29.4 Å². The number of nitrogens with one attached hydrogen (secondary N) is 2. The zero-order valence-electron chi connectivity index (χ0n) is 23.6. The molecule has 3 heterocycles. The number of hydrogen-bond acceptors (Lipinski definition) is 11. The summed E-state index contributed by atoms with van der Waals surface area (Å²) in [5, 5.41) is 9.22. The van der Waals surface area contributed by atoms with Crippen LogP contribution in [0, 0.1) is 0 Å². The highest BCUT2D eigenvalue weighted by Crippen LogP contribution is 2.34. The number of halogens is 6. The van der Waals surface area contributed by atoms with Crippen LogP contribution in [0.1, 0.15) is 22.3 Å². The van der Waals surface area contributed by atoms with Crippen LogP contribution in [0.2, 0.25) is 0 Å². The van der Waals surface area contributed by atoms with Crippen molar-refractivity contribution in [3.8, 4) is 0 Å². The average molecular weight is 630 g/mol. The molecular formula is C27H33F6N9O2. The monoisotopic (exact) mass is 629 g/mol. The first kappa shape index (κ1) is 31.8. The Bertz CT molecular complexity index is 1370. The zero-order valence-corrected chi connectivity index (χ0v) is 23.6. The molecule has 2 saturated heterocycles. The maximum Gasteiger partial charge on any atom is 0.416 e. The molecule has 0 aromatic heterocycles. The second-order valence-electron chi connectivity index (χ2n) is 10.6. The van der Waals surface area contributed by atoms with Gasteiger partial charge in [-0.3, -0.25) is 20.7 Å². The minimum atomic E-state index is -4.60. The standard InChI is InChI=1S/C27H33F6N9O2/c28-26(29,30)19-9-17(15-40-1-5-43-6-2-40)11-21(13-19)36-37-23-24(34)39-42(25(23)35)38-22-12-18(10-20(14-22)27(31,32)33)16-41-3-7-44-8-4-41/h9-14,25,36,38H,1-8,15-16,35H2,(H2,34,39). The van der Waals surface area contributed by atoms with Gasteiger partial charge in [-0.15, -0.1) is 5.10 Å². The molecule has 6 N–H and O–H groups in total. The lowest BCUT2D eigenvalue weighted by atomic mass is 10.1. The summed E-state index contributed by atoms with van der Waals surface area (Å²) in [6.07, 6.45) is -10.4. The van der Waals surface area contributed by atoms with Gasteiger partial charge in [0.1, 0.15) is 5.71 Å². The number of nitrogens with zero attached hydrogens (tertiary/aromatic N) is 5. The van der Waals surface area contributed by atoms with Gasteiger partial charge in [0.05, 0.1) is 48.9 Å². The van der Waals surface area contributed by atoms with E-state index < -0.39 is 29.6 Å². The number of nitrogens with two attached hydrogens (primary N) is 2. The lowest BCUT2D eigenvalue weighted by Gasteiger charge is -2.27. The Labute approximate surface area is 249 Å². The number of anilines is 2. The first-order chi connectivity index (χ1) is 20.8. The van der Waals surface area contributed by atoms with Gasteiger partial charge in [-0.05, 0) is 47.5 Å². The van der Waals surface area contributed by atoms with Crippen LogP contribution in [0.15, 0.2) is 46.6 Å². The fraction of sp³-hybridized carbons (Fsp3) is 0.481. The number of alkyl halides is 6. The third-order valence-electron chi connectivity index (χ3n) is 7.23. The second-order valence-corrected chi connectivity index (χ2v) is 10.6. The van der Waals surface area contributed by atoms with Crippen LogP contribution in [0.5, 0.6) is 0 Å². The number of hydrogen-bond donors (Lipinski definition) is 4. The predicted molar refractivity (Wildman–Crippen MR) is 151 cm³/mol. The summed E-state index contributed by atoms with van der Waals surface area (Å²) >= 11 is 0. The average Bonchev–Trinajstić information content (AvgIpc) is 3.23. The van der Waals surface area contributed by atoms with Gasteiger partial charge in [0.15, 0.2) is 12.0 Å². The summed E-state index contributed by atoms with van der Waals surface area (Å²) in [6.45, 7) is 4.89. The smallest absolute Gasteiger partial charge is 0.381 e. The van der Waals surface area contributed by atoms with E-state index in [1.165, 1.54) is 6.07 Å². The third kappa shape index (κ3) is 8.09. The SMILES string of the molecule is NC1=NN(Nc2cc(CN3CCOCC3)cc(C(F)(F)F)c2)C(N)C1=NNc1cc(CN2CCOCC2)cc(C(F)(F)F)c1. The number of ether oxygens (including phenoxy) is 2. The molecule has 3 aliphatic heterocycles. The van der Waals surface area contributed by atoms with Crippen LogP contribution >= 0.6 is 0 Å². The number of hydrazone groups is 2. The highest BCUT2D eigenvalue weighted by Gasteiger charge is 2.34. The summed E-state index contributed by atoms with van der Waals surface area (Å²) in [7, 11) is 0. The van der Waals surface area contributed by atoms with Crippen LogP contribution in [-0.2, 0) is 34.9 Å². The lowest BCUT2D eigenvalue weighted by molar-refractivity contribution is -0.138. The largest absolute Gasteiger partial charge is 0.416 e. The van der Waals surface area contributed by atoms with Crippen molar-refractivity contribution in [2.75, 3.05) is 63.5 Å². The van der Waals surface area contributed by atoms with Gasteiger partial charge in [0.25, 0.3) is 0 Å². The number of amidine groups is 1. The maximum absolute atomic E-state index is 13.7. The Balaban J connectivity index is 1.32. The Morgan fingerprint density at radius 3 is 1.75 bits per heavy atom. The highest BCUT2D eigenvalue weighted by molar-refractivity contribution is 6.43. The second kappa shape index (κ2) is 13.2. The predicted octanol–water partition coefficient (Wildman–Crippen LogP) is 3.06. The molecule has 0 spiro atoms. The molecule has 1 atom stereocenters. The Morgan fingerprint density at radius 1 is 0.773 bits per heavy atom. The van der Waals surface area contributed by atoms with Gasteiger partial charge in [0.2, 0.25) is 0 Å². The molecule has 0 radical (unpaired) electrons. The van der Waals surface area contributed by atoms with Crippen molar-refractivity contribution in [2.45, 2.75) is 31.6 Å². The van der Waals surface area contributed by atoms with Crippen molar-refractivity contribution in [3.63, 3.8) is 0 Å². The van der Waals surface area contributed by atoms with Crippen LogP contribution in [0.4, 0.5) is 37.7 Å². The van der Waals surface area contributed by atoms with Crippen LogP contribution in [0.3, 0.4) is 0 Å². The molecule has 2 aromatic rings. The van der Waals surface area contributed by atoms with Gasteiger partial charge < -0.3 is 20.9 Å². The molecule has 1 unspecified atom stereocenters. The first-order valence-electron chi connectivity index (χ1n) is 13.9. The Kier molecular flexibility index (Phi) is 9.50. The molecule has 11 nitrogen and oxygen atoms in total. The fourth-order valence-electron chi connectivity index (χ4n) is 5.03. The quantitative estimate of drug-likeness (QED) is 0.257. The Hall–Kier alpha value is -3.64. The van der Waals surface area contributed by atoms with Crippen LogP contribution in [0.25, 0.3) is 0 Å². The molecule has 0 aliphatic carbocycles. The van der Waals surface area contributed by atoms with Crippen molar-refractivity contribution in [2.24, 2.45) is 21.7 Å². The van der Waals surface area contributed by atoms with E-state index in [2.05, 4.69) is 21.1 Å². The molecule has 5 rings (SSSR count). The molecule has 240 valence electrons. The Morgan fingerprint density at radius 2 is 1.25 bits per heavy atom. The molecule has 44 heavy (non-hydrogen) atoms. The summed E-state index contributed by atoms with van der Waals surface area (Å²) in [5.74, 6) is -0.168. The lowest BCUT2D eigenvalue weighted by Crippen LogP contribution is -2.45. The summed E-state index contributed by atoms with van der Waals surface area (Å²) in [6, 6.07) is 7.09. The first-order valence-corrected chi connectivity index (χ1v) is 13.9. The van der Waals surface area contributed by atoms with Crippen molar-refractivity contribution >= 4 is 22.9 Å². The molecule has 2 fully saturated rings. The van der Waals surface area contributed by atoms with E-state index in [4.69, 9.17) is 20.9 Å². The van der Waals surface area contributed by atoms with E-state index in [0.29, 0.717) is 63.7 Å².